The lowest BCUT2D eigenvalue weighted by molar-refractivity contribution is -0.308. The normalized spacial score (nSPS) is 10.0. The topological polar surface area (TPSA) is 57.4 Å². The molecule has 0 saturated heterocycles. The Hall–Kier alpha value is -0.490. The zero-order valence-corrected chi connectivity index (χ0v) is 7.24. The molecule has 0 spiro atoms. The van der Waals surface area contributed by atoms with Crippen molar-refractivity contribution in [3.8, 4) is 0 Å². The first kappa shape index (κ1) is 8.61. The van der Waals surface area contributed by atoms with Crippen LogP contribution in [0.3, 0.4) is 0 Å². The lowest BCUT2D eigenvalue weighted by Gasteiger charge is -1.98. The predicted octanol–water partition coefficient (Wildman–Crippen LogP) is 1.17. The molecule has 1 heterocycles. The maximum atomic E-state index is 4.66. The quantitative estimate of drug-likeness (QED) is 0.612. The fraction of sp³-hybridized carbons (Fsp3) is 0.167. The first-order valence-electron chi connectivity index (χ1n) is 2.90. The van der Waals surface area contributed by atoms with Gasteiger partial charge in [-0.3, -0.25) is 4.98 Å². The van der Waals surface area contributed by atoms with Gasteiger partial charge < -0.3 is 0 Å². The van der Waals surface area contributed by atoms with E-state index in [1.807, 2.05) is 6.07 Å². The van der Waals surface area contributed by atoms with Gasteiger partial charge in [-0.05, 0) is 22.0 Å². The molecule has 0 bridgehead atoms. The maximum Gasteiger partial charge on any atom is 0.111 e. The third-order valence-corrected chi connectivity index (χ3v) is 1.49. The summed E-state index contributed by atoms with van der Waals surface area (Å²) in [6.45, 7) is 0.295. The second-order valence-electron chi connectivity index (χ2n) is 1.87. The molecule has 0 aromatic carbocycles. The molecule has 0 aliphatic heterocycles. The Kier molecular flexibility index (Phi) is 3.44. The van der Waals surface area contributed by atoms with Crippen molar-refractivity contribution in [1.29, 1.82) is 0 Å². The van der Waals surface area contributed by atoms with Gasteiger partial charge in [0.1, 0.15) is 6.61 Å². The van der Waals surface area contributed by atoms with E-state index < -0.39 is 0 Å². The highest BCUT2D eigenvalue weighted by Crippen LogP contribution is 2.09. The molecule has 0 aliphatic carbocycles. The molecule has 0 unspecified atom stereocenters. The summed E-state index contributed by atoms with van der Waals surface area (Å²) in [5.41, 5.74) is 0.893. The van der Waals surface area contributed by atoms with E-state index in [4.69, 9.17) is 0 Å². The molecule has 60 valence electrons. The zero-order chi connectivity index (χ0) is 8.10. The minimum absolute atomic E-state index is 0.295. The number of rotatable bonds is 3. The highest BCUT2D eigenvalue weighted by atomic mass is 79.9. The van der Waals surface area contributed by atoms with E-state index in [-0.39, 0.29) is 0 Å². The van der Waals surface area contributed by atoms with E-state index in [1.165, 1.54) is 0 Å². The van der Waals surface area contributed by atoms with Gasteiger partial charge in [-0.15, -0.1) is 4.99 Å². The van der Waals surface area contributed by atoms with Crippen molar-refractivity contribution in [2.24, 2.45) is 5.90 Å². The SMILES string of the molecule is NOOCc1cncc(Br)c1. The van der Waals surface area contributed by atoms with Crippen LogP contribution in [-0.4, -0.2) is 4.98 Å². The summed E-state index contributed by atoms with van der Waals surface area (Å²) in [6.07, 6.45) is 3.36. The summed E-state index contributed by atoms with van der Waals surface area (Å²) in [7, 11) is 0. The van der Waals surface area contributed by atoms with Crippen LogP contribution in [0.2, 0.25) is 0 Å². The Morgan fingerprint density at radius 1 is 1.55 bits per heavy atom. The Morgan fingerprint density at radius 3 is 3.00 bits per heavy atom. The van der Waals surface area contributed by atoms with Crippen LogP contribution in [0.5, 0.6) is 0 Å². The Bertz CT molecular complexity index is 232. The number of nitrogens with two attached hydrogens (primary N) is 1. The number of hydrogen-bond acceptors (Lipinski definition) is 4. The molecule has 1 aromatic rings. The maximum absolute atomic E-state index is 4.66. The molecule has 1 rings (SSSR count). The molecule has 11 heavy (non-hydrogen) atoms. The third-order valence-electron chi connectivity index (χ3n) is 1.06. The van der Waals surface area contributed by atoms with E-state index in [2.05, 4.69) is 36.7 Å². The predicted molar refractivity (Wildman–Crippen MR) is 42.0 cm³/mol. The van der Waals surface area contributed by atoms with Gasteiger partial charge >= 0.3 is 0 Å². The molecule has 4 nitrogen and oxygen atoms in total. The van der Waals surface area contributed by atoms with Crippen LogP contribution in [0.25, 0.3) is 0 Å². The van der Waals surface area contributed by atoms with Crippen LogP contribution in [0, 0.1) is 0 Å². The fourth-order valence-corrected chi connectivity index (χ4v) is 1.05. The van der Waals surface area contributed by atoms with Crippen LogP contribution in [0.4, 0.5) is 0 Å². The monoisotopic (exact) mass is 218 g/mol. The molecular formula is C6H7BrN2O2. The van der Waals surface area contributed by atoms with Gasteiger partial charge in [0.2, 0.25) is 0 Å². The smallest absolute Gasteiger partial charge is 0.111 e. The van der Waals surface area contributed by atoms with Crippen LogP contribution in [-0.2, 0) is 16.5 Å². The number of hydrogen-bond donors (Lipinski definition) is 1. The van der Waals surface area contributed by atoms with E-state index in [9.17, 15) is 0 Å². The first-order valence-corrected chi connectivity index (χ1v) is 3.70. The van der Waals surface area contributed by atoms with E-state index in [1.54, 1.807) is 12.4 Å². The highest BCUT2D eigenvalue weighted by molar-refractivity contribution is 9.10. The third kappa shape index (κ3) is 2.94. The minimum atomic E-state index is 0.295. The molecular weight excluding hydrogens is 212 g/mol. The van der Waals surface area contributed by atoms with Crippen molar-refractivity contribution in [1.82, 2.24) is 4.98 Å². The molecule has 0 fully saturated rings. The van der Waals surface area contributed by atoms with Crippen molar-refractivity contribution in [3.05, 3.63) is 28.5 Å². The second kappa shape index (κ2) is 4.40. The molecule has 0 radical (unpaired) electrons. The van der Waals surface area contributed by atoms with Crippen LogP contribution >= 0.6 is 15.9 Å². The van der Waals surface area contributed by atoms with E-state index >= 15 is 0 Å². The Labute approximate surface area is 72.3 Å². The average Bonchev–Trinajstić information content (AvgIpc) is 2.01. The lowest BCUT2D eigenvalue weighted by atomic mass is 10.3. The minimum Gasteiger partial charge on any atom is -0.263 e. The van der Waals surface area contributed by atoms with Gasteiger partial charge in [0.05, 0.1) is 0 Å². The van der Waals surface area contributed by atoms with Gasteiger partial charge in [0, 0.05) is 22.4 Å². The van der Waals surface area contributed by atoms with Gasteiger partial charge in [0.15, 0.2) is 0 Å². The lowest BCUT2D eigenvalue weighted by Crippen LogP contribution is -2.00. The van der Waals surface area contributed by atoms with Crippen LogP contribution in [0.1, 0.15) is 5.56 Å². The van der Waals surface area contributed by atoms with Crippen molar-refractivity contribution in [2.45, 2.75) is 6.61 Å². The number of nitrogens with zero attached hydrogens (tertiary/aromatic N) is 1. The summed E-state index contributed by atoms with van der Waals surface area (Å²) in [6, 6.07) is 1.87. The van der Waals surface area contributed by atoms with Gasteiger partial charge in [-0.25, -0.2) is 4.89 Å². The highest BCUT2D eigenvalue weighted by Gasteiger charge is 1.93. The molecule has 0 amide bonds. The van der Waals surface area contributed by atoms with Gasteiger partial charge in [0.25, 0.3) is 0 Å². The fourth-order valence-electron chi connectivity index (χ4n) is 0.637. The van der Waals surface area contributed by atoms with Crippen molar-refractivity contribution < 1.29 is 9.88 Å². The van der Waals surface area contributed by atoms with Crippen molar-refractivity contribution >= 4 is 15.9 Å². The van der Waals surface area contributed by atoms with E-state index in [0.29, 0.717) is 6.61 Å². The molecule has 2 N–H and O–H groups in total. The molecule has 5 heteroatoms. The standard InChI is InChI=1S/C6H7BrN2O2/c7-6-1-5(2-9-3-6)4-10-11-8/h1-3H,4,8H2. The molecule has 0 aliphatic rings. The Balaban J connectivity index is 2.56. The van der Waals surface area contributed by atoms with Crippen molar-refractivity contribution in [2.75, 3.05) is 0 Å². The van der Waals surface area contributed by atoms with Crippen LogP contribution < -0.4 is 5.90 Å². The number of halogens is 1. The molecule has 0 atom stereocenters. The van der Waals surface area contributed by atoms with Crippen LogP contribution in [0.15, 0.2) is 22.9 Å². The van der Waals surface area contributed by atoms with Gasteiger partial charge in [-0.2, -0.15) is 5.90 Å². The summed E-state index contributed by atoms with van der Waals surface area (Å²) in [4.78, 5) is 12.3. The zero-order valence-electron chi connectivity index (χ0n) is 5.66. The summed E-state index contributed by atoms with van der Waals surface area (Å²) in [5, 5.41) is 0. The first-order chi connectivity index (χ1) is 5.33. The second-order valence-corrected chi connectivity index (χ2v) is 2.79. The van der Waals surface area contributed by atoms with E-state index in [0.717, 1.165) is 10.0 Å². The van der Waals surface area contributed by atoms with Gasteiger partial charge in [-0.1, -0.05) is 0 Å². The summed E-state index contributed by atoms with van der Waals surface area (Å²) >= 11 is 3.26. The average molecular weight is 219 g/mol. The summed E-state index contributed by atoms with van der Waals surface area (Å²) < 4.78 is 0.899. The molecule has 1 aromatic heterocycles. The molecule has 0 saturated carbocycles. The largest absolute Gasteiger partial charge is 0.263 e. The number of pyridine rings is 1. The summed E-state index contributed by atoms with van der Waals surface area (Å²) in [5.74, 6) is 4.66. The Morgan fingerprint density at radius 2 is 2.36 bits per heavy atom. The van der Waals surface area contributed by atoms with Crippen molar-refractivity contribution in [3.63, 3.8) is 0 Å². The number of aromatic nitrogens is 1.